The standard InChI is InChI=1S/C8H12O2.Na/c9-8(10)7-4-5-1-2-6(7)3-5;/h5-7H,1-4H2,(H,9,10);/q;+1/p-1. The van der Waals surface area contributed by atoms with E-state index in [1.165, 1.54) is 6.42 Å². The van der Waals surface area contributed by atoms with Crippen molar-refractivity contribution in [1.29, 1.82) is 0 Å². The van der Waals surface area contributed by atoms with Crippen molar-refractivity contribution in [3.05, 3.63) is 0 Å². The van der Waals surface area contributed by atoms with Crippen LogP contribution < -0.4 is 34.7 Å². The molecule has 0 amide bonds. The smallest absolute Gasteiger partial charge is 0.550 e. The normalized spacial score (nSPS) is 40.2. The van der Waals surface area contributed by atoms with Crippen molar-refractivity contribution in [3.63, 3.8) is 0 Å². The van der Waals surface area contributed by atoms with Crippen LogP contribution in [0, 0.1) is 17.8 Å². The summed E-state index contributed by atoms with van der Waals surface area (Å²) >= 11 is 0. The molecule has 0 spiro atoms. The molecule has 2 aliphatic carbocycles. The molecule has 2 aliphatic rings. The van der Waals surface area contributed by atoms with Gasteiger partial charge in [-0.05, 0) is 31.1 Å². The van der Waals surface area contributed by atoms with Gasteiger partial charge in [-0.25, -0.2) is 0 Å². The maximum absolute atomic E-state index is 10.5. The van der Waals surface area contributed by atoms with E-state index in [1.807, 2.05) is 0 Å². The molecule has 0 aliphatic heterocycles. The number of carbonyl (C=O) groups excluding carboxylic acids is 1. The van der Waals surface area contributed by atoms with Crippen LogP contribution in [0.2, 0.25) is 0 Å². The first-order chi connectivity index (χ1) is 4.77. The molecule has 2 nitrogen and oxygen atoms in total. The van der Waals surface area contributed by atoms with Crippen LogP contribution in [0.15, 0.2) is 0 Å². The maximum Gasteiger partial charge on any atom is 1.00 e. The molecule has 3 heteroatoms. The molecular weight excluding hydrogens is 151 g/mol. The van der Waals surface area contributed by atoms with Crippen LogP contribution in [0.3, 0.4) is 0 Å². The Morgan fingerprint density at radius 2 is 2.00 bits per heavy atom. The SMILES string of the molecule is O=C([O-])C1CC2CCC1C2.[Na+]. The van der Waals surface area contributed by atoms with Gasteiger partial charge in [-0.2, -0.15) is 0 Å². The second-order valence-electron chi connectivity index (χ2n) is 3.60. The molecule has 2 saturated carbocycles. The molecule has 0 radical (unpaired) electrons. The van der Waals surface area contributed by atoms with Gasteiger partial charge in [0.25, 0.3) is 0 Å². The molecule has 2 bridgehead atoms. The van der Waals surface area contributed by atoms with Crippen molar-refractivity contribution in [3.8, 4) is 0 Å². The molecular formula is C8H11NaO2. The van der Waals surface area contributed by atoms with Crippen molar-refractivity contribution >= 4 is 5.97 Å². The maximum atomic E-state index is 10.5. The van der Waals surface area contributed by atoms with Gasteiger partial charge >= 0.3 is 29.6 Å². The van der Waals surface area contributed by atoms with Crippen molar-refractivity contribution in [2.24, 2.45) is 17.8 Å². The Morgan fingerprint density at radius 3 is 2.27 bits per heavy atom. The molecule has 0 saturated heterocycles. The molecule has 2 rings (SSSR count). The largest absolute Gasteiger partial charge is 1.00 e. The van der Waals surface area contributed by atoms with Crippen molar-refractivity contribution < 1.29 is 39.5 Å². The Morgan fingerprint density at radius 1 is 1.27 bits per heavy atom. The monoisotopic (exact) mass is 162 g/mol. The number of rotatable bonds is 1. The summed E-state index contributed by atoms with van der Waals surface area (Å²) in [5.41, 5.74) is 0. The van der Waals surface area contributed by atoms with E-state index < -0.39 is 5.97 Å². The van der Waals surface area contributed by atoms with Gasteiger partial charge in [-0.1, -0.05) is 6.42 Å². The number of hydrogen-bond donors (Lipinski definition) is 0. The van der Waals surface area contributed by atoms with Gasteiger partial charge in [0.05, 0.1) is 0 Å². The van der Waals surface area contributed by atoms with Gasteiger partial charge in [0.1, 0.15) is 0 Å². The van der Waals surface area contributed by atoms with E-state index in [1.54, 1.807) is 0 Å². The molecule has 0 aromatic rings. The number of carboxylic acid groups (broad SMARTS) is 1. The van der Waals surface area contributed by atoms with Gasteiger partial charge in [-0.15, -0.1) is 0 Å². The van der Waals surface area contributed by atoms with E-state index in [0.29, 0.717) is 11.8 Å². The van der Waals surface area contributed by atoms with E-state index in [-0.39, 0.29) is 35.5 Å². The van der Waals surface area contributed by atoms with Crippen molar-refractivity contribution in [2.75, 3.05) is 0 Å². The number of fused-ring (bicyclic) bond motifs is 2. The van der Waals surface area contributed by atoms with E-state index in [0.717, 1.165) is 19.3 Å². The van der Waals surface area contributed by atoms with Crippen LogP contribution in [0.25, 0.3) is 0 Å². The van der Waals surface area contributed by atoms with Crippen molar-refractivity contribution in [1.82, 2.24) is 0 Å². The third kappa shape index (κ3) is 1.63. The summed E-state index contributed by atoms with van der Waals surface area (Å²) in [5, 5.41) is 10.5. The third-order valence-corrected chi connectivity index (χ3v) is 3.04. The fourth-order valence-corrected chi connectivity index (χ4v) is 2.53. The van der Waals surface area contributed by atoms with Gasteiger partial charge in [0.2, 0.25) is 0 Å². The summed E-state index contributed by atoms with van der Waals surface area (Å²) in [5.74, 6) is 0.272. The molecule has 3 atom stereocenters. The van der Waals surface area contributed by atoms with E-state index in [4.69, 9.17) is 0 Å². The Labute approximate surface area is 88.7 Å². The van der Waals surface area contributed by atoms with E-state index >= 15 is 0 Å². The predicted octanol–water partition coefficient (Wildman–Crippen LogP) is -2.82. The molecule has 11 heavy (non-hydrogen) atoms. The average Bonchev–Trinajstić information content (AvgIpc) is 2.44. The minimum Gasteiger partial charge on any atom is -0.550 e. The van der Waals surface area contributed by atoms with E-state index in [9.17, 15) is 9.90 Å². The van der Waals surface area contributed by atoms with Crippen molar-refractivity contribution in [2.45, 2.75) is 25.7 Å². The van der Waals surface area contributed by atoms with Crippen LogP contribution in [0.1, 0.15) is 25.7 Å². The average molecular weight is 162 g/mol. The molecule has 0 heterocycles. The number of carbonyl (C=O) groups is 1. The summed E-state index contributed by atoms with van der Waals surface area (Å²) in [6, 6.07) is 0. The quantitative estimate of drug-likeness (QED) is 0.390. The Hall–Kier alpha value is 0.470. The fourth-order valence-electron chi connectivity index (χ4n) is 2.53. The Balaban J connectivity index is 0.000000605. The minimum absolute atomic E-state index is 0. The van der Waals surface area contributed by atoms with Crippen LogP contribution in [-0.4, -0.2) is 5.97 Å². The molecule has 0 aromatic heterocycles. The summed E-state index contributed by atoms with van der Waals surface area (Å²) in [7, 11) is 0. The number of hydrogen-bond acceptors (Lipinski definition) is 2. The molecule has 0 N–H and O–H groups in total. The molecule has 56 valence electrons. The van der Waals surface area contributed by atoms with Crippen LogP contribution in [-0.2, 0) is 4.79 Å². The predicted molar refractivity (Wildman–Crippen MR) is 33.9 cm³/mol. The first kappa shape index (κ1) is 9.56. The van der Waals surface area contributed by atoms with Crippen LogP contribution >= 0.6 is 0 Å². The number of carboxylic acids is 1. The molecule has 3 unspecified atom stereocenters. The second-order valence-corrected chi connectivity index (χ2v) is 3.60. The first-order valence-electron chi connectivity index (χ1n) is 3.98. The topological polar surface area (TPSA) is 40.1 Å². The van der Waals surface area contributed by atoms with Crippen LogP contribution in [0.5, 0.6) is 0 Å². The zero-order chi connectivity index (χ0) is 7.14. The Bertz CT molecular complexity index is 169. The molecule has 2 fully saturated rings. The minimum atomic E-state index is -0.813. The zero-order valence-electron chi connectivity index (χ0n) is 6.88. The van der Waals surface area contributed by atoms with Gasteiger partial charge in [0, 0.05) is 11.9 Å². The van der Waals surface area contributed by atoms with E-state index in [2.05, 4.69) is 0 Å². The van der Waals surface area contributed by atoms with Gasteiger partial charge in [-0.3, -0.25) is 0 Å². The number of aliphatic carboxylic acids is 1. The molecule has 0 aromatic carbocycles. The van der Waals surface area contributed by atoms with Gasteiger partial charge < -0.3 is 9.90 Å². The second kappa shape index (κ2) is 3.46. The summed E-state index contributed by atoms with van der Waals surface area (Å²) in [6.07, 6.45) is 4.43. The first-order valence-corrected chi connectivity index (χ1v) is 3.98. The fraction of sp³-hybridized carbons (Fsp3) is 0.875. The van der Waals surface area contributed by atoms with Crippen LogP contribution in [0.4, 0.5) is 0 Å². The summed E-state index contributed by atoms with van der Waals surface area (Å²) in [6.45, 7) is 0. The summed E-state index contributed by atoms with van der Waals surface area (Å²) in [4.78, 5) is 10.5. The third-order valence-electron chi connectivity index (χ3n) is 3.04. The Kier molecular flexibility index (Phi) is 3.01. The summed E-state index contributed by atoms with van der Waals surface area (Å²) < 4.78 is 0. The zero-order valence-corrected chi connectivity index (χ0v) is 8.88. The van der Waals surface area contributed by atoms with Gasteiger partial charge in [0.15, 0.2) is 0 Å².